The van der Waals surface area contributed by atoms with Crippen molar-refractivity contribution in [2.45, 2.75) is 33.3 Å². The van der Waals surface area contributed by atoms with Crippen LogP contribution in [0.5, 0.6) is 0 Å². The van der Waals surface area contributed by atoms with Gasteiger partial charge in [-0.1, -0.05) is 26.0 Å². The number of rotatable bonds is 2. The van der Waals surface area contributed by atoms with Crippen molar-refractivity contribution in [3.8, 4) is 0 Å². The minimum atomic E-state index is -0.118. The van der Waals surface area contributed by atoms with Crippen LogP contribution in [0.4, 0.5) is 0 Å². The van der Waals surface area contributed by atoms with Crippen LogP contribution in [0.1, 0.15) is 32.9 Å². The number of carbonyl (C=O) groups excluding carboxylic acids is 1. The number of aromatic nitrogens is 1. The van der Waals surface area contributed by atoms with Crippen LogP contribution in [-0.2, 0) is 9.53 Å². The summed E-state index contributed by atoms with van der Waals surface area (Å²) < 4.78 is 5.42. The van der Waals surface area contributed by atoms with Crippen LogP contribution in [0.2, 0.25) is 0 Å². The highest BCUT2D eigenvalue weighted by Gasteiger charge is 2.42. The molecule has 0 unspecified atom stereocenters. The van der Waals surface area contributed by atoms with Crippen LogP contribution in [0, 0.1) is 17.8 Å². The van der Waals surface area contributed by atoms with Gasteiger partial charge in [-0.2, -0.15) is 0 Å². The maximum Gasteiger partial charge on any atom is 0.334 e. The molecular formula is C18H21NO2. The van der Waals surface area contributed by atoms with Crippen LogP contribution < -0.4 is 0 Å². The smallest absolute Gasteiger partial charge is 0.334 e. The van der Waals surface area contributed by atoms with Crippen LogP contribution in [0.15, 0.2) is 41.6 Å². The van der Waals surface area contributed by atoms with Crippen molar-refractivity contribution < 1.29 is 9.53 Å². The highest BCUT2D eigenvalue weighted by molar-refractivity contribution is 5.92. The average Bonchev–Trinajstić information content (AvgIpc) is 2.75. The Morgan fingerprint density at radius 2 is 2.10 bits per heavy atom. The molecule has 0 fully saturated rings. The molecule has 2 aliphatic rings. The van der Waals surface area contributed by atoms with Crippen LogP contribution in [-0.4, -0.2) is 17.1 Å². The zero-order valence-electron chi connectivity index (χ0n) is 12.7. The molecule has 3 nitrogen and oxygen atoms in total. The van der Waals surface area contributed by atoms with E-state index in [9.17, 15) is 4.79 Å². The fraction of sp³-hybridized carbons (Fsp3) is 0.444. The van der Waals surface area contributed by atoms with Gasteiger partial charge < -0.3 is 4.74 Å². The van der Waals surface area contributed by atoms with Crippen LogP contribution >= 0.6 is 0 Å². The van der Waals surface area contributed by atoms with E-state index in [4.69, 9.17) is 4.74 Å². The van der Waals surface area contributed by atoms with Gasteiger partial charge in [0.2, 0.25) is 0 Å². The Morgan fingerprint density at radius 3 is 2.81 bits per heavy atom. The Kier molecular flexibility index (Phi) is 3.66. The van der Waals surface area contributed by atoms with Gasteiger partial charge in [0.15, 0.2) is 0 Å². The summed E-state index contributed by atoms with van der Waals surface area (Å²) in [5.41, 5.74) is 3.03. The summed E-state index contributed by atoms with van der Waals surface area (Å²) in [6.45, 7) is 6.45. The van der Waals surface area contributed by atoms with E-state index >= 15 is 0 Å². The summed E-state index contributed by atoms with van der Waals surface area (Å²) in [6.07, 6.45) is 6.78. The second kappa shape index (κ2) is 5.47. The number of hydrogen-bond acceptors (Lipinski definition) is 3. The number of carbonyl (C=O) groups is 1. The maximum absolute atomic E-state index is 12.0. The SMILES string of the molecule is C[C@H]1[C@H](/C=C/c2ccccn2)C2=C(C[C@@H]1C)C(=O)O[C@@H]2C. The van der Waals surface area contributed by atoms with Gasteiger partial charge in [0.1, 0.15) is 6.10 Å². The van der Waals surface area contributed by atoms with Gasteiger partial charge in [-0.25, -0.2) is 4.79 Å². The zero-order valence-corrected chi connectivity index (χ0v) is 12.7. The maximum atomic E-state index is 12.0. The molecule has 0 saturated heterocycles. The Labute approximate surface area is 125 Å². The number of nitrogens with zero attached hydrogens (tertiary/aromatic N) is 1. The molecule has 21 heavy (non-hydrogen) atoms. The highest BCUT2D eigenvalue weighted by atomic mass is 16.5. The third-order valence-electron chi connectivity index (χ3n) is 4.83. The predicted octanol–water partition coefficient (Wildman–Crippen LogP) is 3.63. The van der Waals surface area contributed by atoms with Gasteiger partial charge in [-0.3, -0.25) is 4.98 Å². The van der Waals surface area contributed by atoms with E-state index < -0.39 is 0 Å². The minimum absolute atomic E-state index is 0.0965. The second-order valence-corrected chi connectivity index (χ2v) is 6.16. The molecule has 0 N–H and O–H groups in total. The number of esters is 1. The summed E-state index contributed by atoms with van der Waals surface area (Å²) in [5.74, 6) is 1.13. The quantitative estimate of drug-likeness (QED) is 0.778. The average molecular weight is 283 g/mol. The van der Waals surface area contributed by atoms with Crippen molar-refractivity contribution in [1.29, 1.82) is 0 Å². The molecular weight excluding hydrogens is 262 g/mol. The van der Waals surface area contributed by atoms with Crippen molar-refractivity contribution in [3.05, 3.63) is 47.3 Å². The Balaban J connectivity index is 1.94. The molecule has 0 saturated carbocycles. The first kappa shape index (κ1) is 14.1. The first-order valence-corrected chi connectivity index (χ1v) is 7.61. The lowest BCUT2D eigenvalue weighted by atomic mass is 9.69. The van der Waals surface area contributed by atoms with Crippen molar-refractivity contribution in [3.63, 3.8) is 0 Å². The van der Waals surface area contributed by atoms with Crippen LogP contribution in [0.3, 0.4) is 0 Å². The molecule has 1 aliphatic heterocycles. The molecule has 0 spiro atoms. The molecule has 1 aliphatic carbocycles. The molecule has 3 rings (SSSR count). The molecule has 0 aromatic carbocycles. The van der Waals surface area contributed by atoms with Gasteiger partial charge in [0.25, 0.3) is 0 Å². The van der Waals surface area contributed by atoms with E-state index in [-0.39, 0.29) is 18.0 Å². The van der Waals surface area contributed by atoms with E-state index in [1.807, 2.05) is 25.1 Å². The van der Waals surface area contributed by atoms with E-state index in [2.05, 4.69) is 31.0 Å². The monoisotopic (exact) mass is 283 g/mol. The summed E-state index contributed by atoms with van der Waals surface area (Å²) in [6, 6.07) is 5.88. The molecule has 0 amide bonds. The van der Waals surface area contributed by atoms with Gasteiger partial charge in [-0.05, 0) is 49.0 Å². The third kappa shape index (κ3) is 2.53. The fourth-order valence-corrected chi connectivity index (χ4v) is 3.43. The third-order valence-corrected chi connectivity index (χ3v) is 4.83. The normalized spacial score (nSPS) is 32.4. The fourth-order valence-electron chi connectivity index (χ4n) is 3.43. The molecule has 4 atom stereocenters. The number of ether oxygens (including phenoxy) is 1. The van der Waals surface area contributed by atoms with Crippen LogP contribution in [0.25, 0.3) is 6.08 Å². The van der Waals surface area contributed by atoms with Crippen molar-refractivity contribution >= 4 is 12.0 Å². The summed E-state index contributed by atoms with van der Waals surface area (Å²) in [7, 11) is 0. The molecule has 0 bridgehead atoms. The molecule has 3 heteroatoms. The predicted molar refractivity (Wildman–Crippen MR) is 82.3 cm³/mol. The van der Waals surface area contributed by atoms with Gasteiger partial charge in [-0.15, -0.1) is 0 Å². The van der Waals surface area contributed by atoms with Crippen molar-refractivity contribution in [2.75, 3.05) is 0 Å². The molecule has 1 aromatic rings. The summed E-state index contributed by atoms with van der Waals surface area (Å²) in [4.78, 5) is 16.3. The van der Waals surface area contributed by atoms with E-state index in [0.29, 0.717) is 11.8 Å². The zero-order chi connectivity index (χ0) is 15.0. The van der Waals surface area contributed by atoms with E-state index in [1.165, 1.54) is 5.57 Å². The summed E-state index contributed by atoms with van der Waals surface area (Å²) >= 11 is 0. The van der Waals surface area contributed by atoms with E-state index in [1.54, 1.807) is 6.20 Å². The van der Waals surface area contributed by atoms with Gasteiger partial charge >= 0.3 is 5.97 Å². The molecule has 110 valence electrons. The van der Waals surface area contributed by atoms with Gasteiger partial charge in [0, 0.05) is 17.7 Å². The standard InChI is InChI=1S/C18H21NO2/c1-11-10-16-17(13(3)21-18(16)20)15(12(11)2)8-7-14-6-4-5-9-19-14/h4-9,11-13,15H,10H2,1-3H3/b8-7+/t11-,12+,13+,15-/m0/s1. The number of allylic oxidation sites excluding steroid dienone is 1. The molecule has 1 aromatic heterocycles. The first-order chi connectivity index (χ1) is 10.1. The lowest BCUT2D eigenvalue weighted by molar-refractivity contribution is -0.139. The topological polar surface area (TPSA) is 39.2 Å². The first-order valence-electron chi connectivity index (χ1n) is 7.61. The Morgan fingerprint density at radius 1 is 1.29 bits per heavy atom. The summed E-state index contributed by atoms with van der Waals surface area (Å²) in [5, 5.41) is 0. The minimum Gasteiger partial charge on any atom is -0.455 e. The van der Waals surface area contributed by atoms with Gasteiger partial charge in [0.05, 0.1) is 5.69 Å². The number of hydrogen-bond donors (Lipinski definition) is 0. The highest BCUT2D eigenvalue weighted by Crippen LogP contribution is 2.44. The van der Waals surface area contributed by atoms with Crippen molar-refractivity contribution in [2.24, 2.45) is 17.8 Å². The number of pyridine rings is 1. The lowest BCUT2D eigenvalue weighted by Gasteiger charge is -2.33. The molecule has 2 heterocycles. The Bertz CT molecular complexity index is 603. The second-order valence-electron chi connectivity index (χ2n) is 6.16. The number of cyclic esters (lactones) is 1. The Hall–Kier alpha value is -1.90. The lowest BCUT2D eigenvalue weighted by Crippen LogP contribution is -2.28. The molecule has 0 radical (unpaired) electrons. The largest absolute Gasteiger partial charge is 0.455 e. The van der Waals surface area contributed by atoms with Crippen molar-refractivity contribution in [1.82, 2.24) is 4.98 Å². The van der Waals surface area contributed by atoms with E-state index in [0.717, 1.165) is 17.7 Å².